The highest BCUT2D eigenvalue weighted by molar-refractivity contribution is 6.34. The summed E-state index contributed by atoms with van der Waals surface area (Å²) in [5, 5.41) is 2.71. The molecule has 0 saturated carbocycles. The van der Waals surface area contributed by atoms with Crippen molar-refractivity contribution in [2.45, 2.75) is 38.2 Å². The first-order valence-corrected chi connectivity index (χ1v) is 12.9. The Hall–Kier alpha value is -3.80. The number of nitroso groups, excluding NO2 is 1. The summed E-state index contributed by atoms with van der Waals surface area (Å²) in [5.74, 6) is -1.08. The molecule has 3 aromatic rings. The van der Waals surface area contributed by atoms with E-state index in [-0.39, 0.29) is 27.9 Å². The van der Waals surface area contributed by atoms with Gasteiger partial charge in [-0.05, 0) is 66.1 Å². The van der Waals surface area contributed by atoms with Gasteiger partial charge < -0.3 is 4.90 Å². The predicted molar refractivity (Wildman–Crippen MR) is 146 cm³/mol. The van der Waals surface area contributed by atoms with E-state index in [9.17, 15) is 27.7 Å². The molecule has 1 aliphatic rings. The highest BCUT2D eigenvalue weighted by atomic mass is 35.5. The average molecular weight is 607 g/mol. The lowest BCUT2D eigenvalue weighted by Crippen LogP contribution is -2.42. The molecular weight excluding hydrogens is 584 g/mol. The van der Waals surface area contributed by atoms with Gasteiger partial charge in [-0.1, -0.05) is 46.6 Å². The number of hydrogen-bond donors (Lipinski definition) is 1. The molecule has 0 spiro atoms. The van der Waals surface area contributed by atoms with Crippen LogP contribution in [0.25, 0.3) is 5.70 Å². The van der Waals surface area contributed by atoms with E-state index in [1.807, 2.05) is 0 Å². The van der Waals surface area contributed by atoms with Crippen molar-refractivity contribution in [3.63, 3.8) is 0 Å². The van der Waals surface area contributed by atoms with Gasteiger partial charge in [0.25, 0.3) is 0 Å². The first kappa shape index (κ1) is 30.2. The van der Waals surface area contributed by atoms with Gasteiger partial charge in [0.1, 0.15) is 12.6 Å². The van der Waals surface area contributed by atoms with Gasteiger partial charge in [0.05, 0.1) is 17.9 Å². The summed E-state index contributed by atoms with van der Waals surface area (Å²) >= 11 is 11.9. The van der Waals surface area contributed by atoms with Gasteiger partial charge in [-0.2, -0.15) is 18.1 Å². The fraction of sp³-hybridized carbons (Fsp3) is 0.250. The Kier molecular flexibility index (Phi) is 8.81. The number of hydroxylamine groups is 1. The van der Waals surface area contributed by atoms with Crippen LogP contribution in [0.4, 0.5) is 13.2 Å². The Labute approximate surface area is 243 Å². The molecule has 2 heterocycles. The summed E-state index contributed by atoms with van der Waals surface area (Å²) in [6.07, 6.45) is -2.47. The molecule has 0 saturated heterocycles. The van der Waals surface area contributed by atoms with E-state index in [0.717, 1.165) is 18.2 Å². The average Bonchev–Trinajstić information content (AvgIpc) is 3.37. The van der Waals surface area contributed by atoms with E-state index in [4.69, 9.17) is 28.0 Å². The minimum atomic E-state index is -4.89. The molecular formula is C28H23Cl2F3N4O4. The zero-order chi connectivity index (χ0) is 29.9. The molecule has 13 heteroatoms. The van der Waals surface area contributed by atoms with Crippen LogP contribution in [0, 0.1) is 11.8 Å². The lowest BCUT2D eigenvalue weighted by molar-refractivity contribution is -0.269. The molecule has 214 valence electrons. The van der Waals surface area contributed by atoms with Crippen molar-refractivity contribution in [1.82, 2.24) is 15.4 Å². The van der Waals surface area contributed by atoms with E-state index in [1.165, 1.54) is 30.0 Å². The van der Waals surface area contributed by atoms with Crippen molar-refractivity contribution in [3.8, 4) is 0 Å². The summed E-state index contributed by atoms with van der Waals surface area (Å²) in [6.45, 7) is 2.21. The van der Waals surface area contributed by atoms with Gasteiger partial charge in [-0.15, -0.1) is 0 Å². The number of aryl methyl sites for hydroxylation is 1. The van der Waals surface area contributed by atoms with Gasteiger partial charge in [0.15, 0.2) is 5.78 Å². The highest BCUT2D eigenvalue weighted by Gasteiger charge is 2.59. The van der Waals surface area contributed by atoms with Crippen LogP contribution in [0.3, 0.4) is 0 Å². The number of pyridine rings is 1. The van der Waals surface area contributed by atoms with Gasteiger partial charge in [-0.25, -0.2) is 0 Å². The Morgan fingerprint density at radius 1 is 1.12 bits per heavy atom. The fourth-order valence-corrected chi connectivity index (χ4v) is 5.15. The standard InChI is InChI=1S/C28H23Cl2F3N4O4/c1-16-9-18(24-13-27(41-36-24,28(31,32)33)19-10-20(29)12-21(30)11-19)6-7-23(16)26(25(39)14-35-40)37(17(2)38)15-22-5-3-4-8-34-22/h3-13,26,36H,14-15H2,1-2H3. The number of nitrogens with zero attached hydrogens (tertiary/aromatic N) is 3. The number of hydrogen-bond acceptors (Lipinski definition) is 7. The number of benzene rings is 2. The number of nitrogens with one attached hydrogen (secondary N) is 1. The van der Waals surface area contributed by atoms with Gasteiger partial charge >= 0.3 is 6.18 Å². The van der Waals surface area contributed by atoms with Crippen LogP contribution in [0.2, 0.25) is 10.0 Å². The van der Waals surface area contributed by atoms with Crippen LogP contribution in [-0.4, -0.2) is 34.3 Å². The molecule has 2 aromatic carbocycles. The molecule has 0 aliphatic carbocycles. The Morgan fingerprint density at radius 2 is 1.83 bits per heavy atom. The van der Waals surface area contributed by atoms with E-state index in [0.29, 0.717) is 22.4 Å². The molecule has 2 unspecified atom stereocenters. The molecule has 0 fully saturated rings. The van der Waals surface area contributed by atoms with Gasteiger partial charge in [0.2, 0.25) is 11.5 Å². The van der Waals surface area contributed by atoms with Crippen LogP contribution in [-0.2, 0) is 26.6 Å². The normalized spacial score (nSPS) is 17.4. The number of halogens is 5. The summed E-state index contributed by atoms with van der Waals surface area (Å²) in [5.41, 5.74) is 0.817. The number of ketones is 1. The third-order valence-electron chi connectivity index (χ3n) is 6.56. The third kappa shape index (κ3) is 6.27. The topological polar surface area (TPSA) is 101 Å². The molecule has 4 rings (SSSR count). The first-order valence-electron chi connectivity index (χ1n) is 12.2. The maximum Gasteiger partial charge on any atom is 0.428 e. The molecule has 0 bridgehead atoms. The van der Waals surface area contributed by atoms with Crippen molar-refractivity contribution < 1.29 is 27.6 Å². The van der Waals surface area contributed by atoms with E-state index in [2.05, 4.69) is 15.6 Å². The van der Waals surface area contributed by atoms with E-state index >= 15 is 0 Å². The lowest BCUT2D eigenvalue weighted by Gasteiger charge is -2.31. The number of rotatable bonds is 9. The van der Waals surface area contributed by atoms with Crippen molar-refractivity contribution >= 4 is 40.6 Å². The smallest absolute Gasteiger partial charge is 0.323 e. The maximum atomic E-state index is 14.4. The second-order valence-electron chi connectivity index (χ2n) is 9.35. The number of amides is 1. The van der Waals surface area contributed by atoms with Crippen LogP contribution in [0.1, 0.15) is 40.9 Å². The maximum absolute atomic E-state index is 14.4. The molecule has 1 N–H and O–H groups in total. The minimum absolute atomic E-state index is 0.00224. The summed E-state index contributed by atoms with van der Waals surface area (Å²) in [7, 11) is 0. The summed E-state index contributed by atoms with van der Waals surface area (Å²) in [4.78, 5) is 47.4. The molecule has 2 atom stereocenters. The summed E-state index contributed by atoms with van der Waals surface area (Å²) < 4.78 is 43.2. The quantitative estimate of drug-likeness (QED) is 0.281. The minimum Gasteiger partial charge on any atom is -0.323 e. The van der Waals surface area contributed by atoms with Crippen LogP contribution in [0.5, 0.6) is 0 Å². The number of aromatic nitrogens is 1. The first-order chi connectivity index (χ1) is 19.4. The zero-order valence-electron chi connectivity index (χ0n) is 21.7. The lowest BCUT2D eigenvalue weighted by atomic mass is 9.90. The Bertz CT molecular complexity index is 1500. The monoisotopic (exact) mass is 606 g/mol. The Balaban J connectivity index is 1.76. The van der Waals surface area contributed by atoms with Crippen molar-refractivity contribution in [2.24, 2.45) is 5.18 Å². The van der Waals surface area contributed by atoms with Gasteiger partial charge in [-0.3, -0.25) is 24.9 Å². The SMILES string of the molecule is CC(=O)N(Cc1ccccn1)C(C(=O)CN=O)c1ccc(C2=CC(c3cc(Cl)cc(Cl)c3)(C(F)(F)F)ON2)cc1C. The van der Waals surface area contributed by atoms with Crippen molar-refractivity contribution in [2.75, 3.05) is 6.54 Å². The van der Waals surface area contributed by atoms with Crippen LogP contribution in [0.15, 0.2) is 72.0 Å². The predicted octanol–water partition coefficient (Wildman–Crippen LogP) is 6.46. The zero-order valence-corrected chi connectivity index (χ0v) is 23.2. The second-order valence-corrected chi connectivity index (χ2v) is 10.2. The molecule has 1 aliphatic heterocycles. The van der Waals surface area contributed by atoms with Crippen LogP contribution >= 0.6 is 23.2 Å². The number of carbonyl (C=O) groups is 2. The molecule has 0 radical (unpaired) electrons. The van der Waals surface area contributed by atoms with Crippen molar-refractivity contribution in [1.29, 1.82) is 0 Å². The number of carbonyl (C=O) groups excluding carboxylic acids is 2. The number of alkyl halides is 3. The molecule has 1 aromatic heterocycles. The fourth-order valence-electron chi connectivity index (χ4n) is 4.62. The highest BCUT2D eigenvalue weighted by Crippen LogP contribution is 2.48. The van der Waals surface area contributed by atoms with Crippen LogP contribution < -0.4 is 5.48 Å². The molecule has 41 heavy (non-hydrogen) atoms. The third-order valence-corrected chi connectivity index (χ3v) is 6.99. The second kappa shape index (κ2) is 12.0. The van der Waals surface area contributed by atoms with Gasteiger partial charge in [0, 0.05) is 28.7 Å². The molecule has 8 nitrogen and oxygen atoms in total. The number of Topliss-reactive ketones (excluding diaryl/α,β-unsaturated/α-hetero) is 1. The largest absolute Gasteiger partial charge is 0.428 e. The van der Waals surface area contributed by atoms with E-state index < -0.39 is 36.1 Å². The molecule has 1 amide bonds. The Morgan fingerprint density at radius 3 is 2.39 bits per heavy atom. The van der Waals surface area contributed by atoms with E-state index in [1.54, 1.807) is 37.4 Å². The van der Waals surface area contributed by atoms with Crippen molar-refractivity contribution in [3.05, 3.63) is 110 Å². The summed E-state index contributed by atoms with van der Waals surface area (Å²) in [6, 6.07) is 12.0.